The number of alkyl halides is 2. The van der Waals surface area contributed by atoms with Crippen LogP contribution in [0.5, 0.6) is 23.0 Å². The molecule has 2 fully saturated rings. The molecule has 23 heteroatoms. The van der Waals surface area contributed by atoms with Crippen LogP contribution in [0.25, 0.3) is 0 Å². The Labute approximate surface area is 389 Å². The van der Waals surface area contributed by atoms with Gasteiger partial charge >= 0.3 is 5.69 Å². The van der Waals surface area contributed by atoms with E-state index in [0.29, 0.717) is 75.9 Å². The lowest BCUT2D eigenvalue weighted by Crippen LogP contribution is -2.36. The third-order valence-electron chi connectivity index (χ3n) is 8.59. The normalized spacial score (nSPS) is 13.3. The van der Waals surface area contributed by atoms with Gasteiger partial charge in [-0.2, -0.15) is 0 Å². The van der Waals surface area contributed by atoms with E-state index in [4.69, 9.17) is 94.3 Å². The number of halogens is 6. The van der Waals surface area contributed by atoms with Gasteiger partial charge in [0, 0.05) is 87.9 Å². The summed E-state index contributed by atoms with van der Waals surface area (Å²) in [5.74, 6) is 3.39. The van der Waals surface area contributed by atoms with Crippen LogP contribution in [0.15, 0.2) is 49.1 Å². The first kappa shape index (κ1) is 53.8. The molecule has 2 aliphatic rings. The Morgan fingerprint density at radius 1 is 0.710 bits per heavy atom. The molecular weight excluding hydrogens is 937 g/mol. The van der Waals surface area contributed by atoms with Crippen LogP contribution in [-0.2, 0) is 9.59 Å². The number of nitrogens with two attached hydrogens (primary N) is 1. The van der Waals surface area contributed by atoms with E-state index < -0.39 is 4.92 Å². The minimum absolute atomic E-state index is 0.111. The molecule has 0 radical (unpaired) electrons. The molecule has 0 unspecified atom stereocenters. The van der Waals surface area contributed by atoms with Crippen molar-refractivity contribution in [3.63, 3.8) is 0 Å². The van der Waals surface area contributed by atoms with Gasteiger partial charge in [-0.15, -0.1) is 23.2 Å². The van der Waals surface area contributed by atoms with E-state index in [9.17, 15) is 24.8 Å². The van der Waals surface area contributed by atoms with Gasteiger partial charge in [-0.05, 0) is 12.8 Å². The quantitative estimate of drug-likeness (QED) is 0.0624. The largest absolute Gasteiger partial charge is 0.494 e. The van der Waals surface area contributed by atoms with Crippen molar-refractivity contribution in [2.75, 3.05) is 81.9 Å². The van der Waals surface area contributed by atoms with Crippen molar-refractivity contribution < 1.29 is 38.6 Å². The number of carbonyl (C=O) groups excluding carboxylic acids is 2. The summed E-state index contributed by atoms with van der Waals surface area (Å²) >= 11 is 33.2. The van der Waals surface area contributed by atoms with Crippen LogP contribution < -0.4 is 34.5 Å². The number of hydrogen-bond acceptors (Lipinski definition) is 16. The van der Waals surface area contributed by atoms with Gasteiger partial charge in [0.25, 0.3) is 0 Å². The highest BCUT2D eigenvalue weighted by Gasteiger charge is 2.21. The lowest BCUT2D eigenvalue weighted by atomic mass is 10.1. The van der Waals surface area contributed by atoms with Gasteiger partial charge in [0.05, 0.1) is 75.1 Å². The van der Waals surface area contributed by atoms with Crippen molar-refractivity contribution in [1.29, 1.82) is 0 Å². The van der Waals surface area contributed by atoms with Gasteiger partial charge in [0.15, 0.2) is 0 Å². The number of hydrogen-bond donors (Lipinski definition) is 2. The number of pyridine rings is 4. The standard InChI is InChI=1S/C11H15ClN2O2.C11H13ClN2O2.C6H5ClN2O3.C6H7ClN2O.C5H8Cl2O/c2*1-16-10-6-11(12)13-7-9(10)14-4-2-8(15)3-5-14;1-12-5-2-6(7)8-3-4(5)9(10)11;1-10-5-2-6(7)9-3-4(5)8;6-3-1-5(8)2-4-7/h6-8,15H,2-5H2,1H3;6-7H,2-5H2,1H3;2-3H,1H3;2-3H,8H2,1H3;1-4H2. The number of anilines is 3. The second-order valence-corrected chi connectivity index (χ2v) is 15.0. The number of methoxy groups -OCH3 is 4. The van der Waals surface area contributed by atoms with Gasteiger partial charge < -0.3 is 39.6 Å². The van der Waals surface area contributed by atoms with Crippen molar-refractivity contribution in [2.24, 2.45) is 0 Å². The first-order valence-electron chi connectivity index (χ1n) is 18.6. The van der Waals surface area contributed by atoms with Crippen LogP contribution in [0.3, 0.4) is 0 Å². The predicted octanol–water partition coefficient (Wildman–Crippen LogP) is 8.41. The highest BCUT2D eigenvalue weighted by molar-refractivity contribution is 6.30. The summed E-state index contributed by atoms with van der Waals surface area (Å²) in [5, 5.41) is 21.2. The fourth-order valence-corrected chi connectivity index (χ4v) is 6.37. The molecule has 2 aliphatic heterocycles. The Balaban J connectivity index is 0.000000273. The third kappa shape index (κ3) is 18.9. The Morgan fingerprint density at radius 3 is 1.50 bits per heavy atom. The molecule has 4 aromatic rings. The third-order valence-corrected chi connectivity index (χ3v) is 9.79. The highest BCUT2D eigenvalue weighted by atomic mass is 35.5. The number of ketones is 2. The molecule has 0 atom stereocenters. The second-order valence-electron chi connectivity index (χ2n) is 12.7. The Bertz CT molecular complexity index is 2020. The van der Waals surface area contributed by atoms with E-state index in [1.165, 1.54) is 26.5 Å². The molecule has 17 nitrogen and oxygen atoms in total. The number of nitrogens with zero attached hydrogens (tertiary/aromatic N) is 7. The SMILES string of the molecule is COc1cc(Cl)ncc1N.COc1cc(Cl)ncc1N1CCC(=O)CC1.COc1cc(Cl)ncc1N1CCC(O)CC1.COc1cc(Cl)ncc1[N+](=O)[O-].O=C(CCCl)CCCl. The van der Waals surface area contributed by atoms with Crippen LogP contribution in [0.2, 0.25) is 20.6 Å². The molecule has 3 N–H and O–H groups in total. The Hall–Kier alpha value is -4.36. The number of aromatic nitrogens is 4. The number of rotatable bonds is 11. The maximum atomic E-state index is 11.2. The predicted molar refractivity (Wildman–Crippen MR) is 244 cm³/mol. The number of aliphatic hydroxyl groups excluding tert-OH is 1. The Kier molecular flexibility index (Phi) is 25.2. The number of aliphatic hydroxyl groups is 1. The van der Waals surface area contributed by atoms with E-state index in [1.807, 2.05) is 0 Å². The van der Waals surface area contributed by atoms with Gasteiger partial charge in [0.2, 0.25) is 5.75 Å². The molecule has 6 rings (SSSR count). The van der Waals surface area contributed by atoms with Crippen LogP contribution in [0, 0.1) is 10.1 Å². The summed E-state index contributed by atoms with van der Waals surface area (Å²) in [6, 6.07) is 6.26. The highest BCUT2D eigenvalue weighted by Crippen LogP contribution is 2.32. The first-order valence-corrected chi connectivity index (χ1v) is 21.2. The molecule has 2 saturated heterocycles. The van der Waals surface area contributed by atoms with Gasteiger partial charge in [-0.3, -0.25) is 19.7 Å². The van der Waals surface area contributed by atoms with E-state index in [2.05, 4.69) is 29.7 Å². The summed E-state index contributed by atoms with van der Waals surface area (Å²) in [6.07, 6.45) is 9.40. The monoisotopic (exact) mass is 982 g/mol. The smallest absolute Gasteiger partial charge is 0.329 e. The lowest BCUT2D eigenvalue weighted by Gasteiger charge is -2.32. The molecule has 0 amide bonds. The zero-order valence-corrected chi connectivity index (χ0v) is 38.9. The van der Waals surface area contributed by atoms with E-state index in [-0.39, 0.29) is 28.5 Å². The summed E-state index contributed by atoms with van der Waals surface area (Å²) in [6.45, 7) is 3.08. The van der Waals surface area contributed by atoms with Crippen LogP contribution in [0.1, 0.15) is 38.5 Å². The minimum atomic E-state index is -0.581. The molecule has 0 bridgehead atoms. The number of nitro groups is 1. The fraction of sp³-hybridized carbons (Fsp3) is 0.436. The van der Waals surface area contributed by atoms with E-state index in [0.717, 1.165) is 62.3 Å². The molecule has 340 valence electrons. The molecule has 6 heterocycles. The van der Waals surface area contributed by atoms with Crippen molar-refractivity contribution >= 4 is 104 Å². The minimum Gasteiger partial charge on any atom is -0.494 e. The van der Waals surface area contributed by atoms with Crippen molar-refractivity contribution in [3.8, 4) is 23.0 Å². The van der Waals surface area contributed by atoms with Crippen molar-refractivity contribution in [1.82, 2.24) is 19.9 Å². The molecular formula is C39H48Cl6N8O9. The van der Waals surface area contributed by atoms with Crippen molar-refractivity contribution in [3.05, 3.63) is 79.8 Å². The summed E-state index contributed by atoms with van der Waals surface area (Å²) in [4.78, 5) is 51.0. The zero-order valence-electron chi connectivity index (χ0n) is 34.4. The fourth-order valence-electron chi connectivity index (χ4n) is 5.36. The van der Waals surface area contributed by atoms with Crippen LogP contribution in [0.4, 0.5) is 22.7 Å². The molecule has 0 aromatic carbocycles. The average Bonchev–Trinajstić information content (AvgIpc) is 3.26. The summed E-state index contributed by atoms with van der Waals surface area (Å²) < 4.78 is 20.1. The van der Waals surface area contributed by atoms with Gasteiger partial charge in [0.1, 0.15) is 55.6 Å². The maximum absolute atomic E-state index is 11.2. The molecule has 0 saturated carbocycles. The summed E-state index contributed by atoms with van der Waals surface area (Å²) in [5.41, 5.74) is 7.60. The number of carbonyl (C=O) groups is 2. The maximum Gasteiger partial charge on any atom is 0.329 e. The van der Waals surface area contributed by atoms with Gasteiger partial charge in [-0.25, -0.2) is 19.9 Å². The molecule has 0 aliphatic carbocycles. The van der Waals surface area contributed by atoms with Crippen molar-refractivity contribution in [2.45, 2.75) is 44.6 Å². The average molecular weight is 986 g/mol. The number of nitrogen functional groups attached to an aromatic ring is 1. The lowest BCUT2D eigenvalue weighted by molar-refractivity contribution is -0.386. The number of piperidine rings is 2. The molecule has 4 aromatic heterocycles. The van der Waals surface area contributed by atoms with Gasteiger partial charge in [-0.1, -0.05) is 46.4 Å². The summed E-state index contributed by atoms with van der Waals surface area (Å²) in [7, 11) is 6.08. The van der Waals surface area contributed by atoms with Crippen LogP contribution in [-0.4, -0.2) is 114 Å². The van der Waals surface area contributed by atoms with E-state index in [1.54, 1.807) is 44.8 Å². The second kappa shape index (κ2) is 29.1. The first-order chi connectivity index (χ1) is 29.6. The molecule has 0 spiro atoms. The number of ether oxygens (including phenoxy) is 4. The Morgan fingerprint density at radius 2 is 1.10 bits per heavy atom. The zero-order chi connectivity index (χ0) is 46.2. The van der Waals surface area contributed by atoms with Crippen LogP contribution >= 0.6 is 69.6 Å². The topological polar surface area (TPSA) is 218 Å². The van der Waals surface area contributed by atoms with E-state index >= 15 is 0 Å². The number of Topliss-reactive ketones (excluding diaryl/α,β-unsaturated/α-hetero) is 2. The molecule has 62 heavy (non-hydrogen) atoms.